The minimum Gasteiger partial charge on any atom is -0.422 e. The topological polar surface area (TPSA) is 46.6 Å². The third-order valence-electron chi connectivity index (χ3n) is 4.23. The molecule has 0 radical (unpaired) electrons. The van der Waals surface area contributed by atoms with Crippen molar-refractivity contribution in [1.82, 2.24) is 0 Å². The molecule has 0 spiro atoms. The molecule has 4 heteroatoms. The fourth-order valence-electron chi connectivity index (χ4n) is 3.10. The van der Waals surface area contributed by atoms with Crippen molar-refractivity contribution in [2.45, 2.75) is 12.8 Å². The van der Waals surface area contributed by atoms with Crippen LogP contribution in [0.1, 0.15) is 22.3 Å². The van der Waals surface area contributed by atoms with Crippen molar-refractivity contribution in [3.63, 3.8) is 0 Å². The van der Waals surface area contributed by atoms with Gasteiger partial charge in [0.1, 0.15) is 11.3 Å². The minimum atomic E-state index is -0.586. The van der Waals surface area contributed by atoms with Crippen LogP contribution in [-0.4, -0.2) is 18.3 Å². The van der Waals surface area contributed by atoms with Gasteiger partial charge in [-0.2, -0.15) is 0 Å². The molecular weight excluding hydrogens is 290 g/mol. The normalized spacial score (nSPS) is 18.4. The van der Waals surface area contributed by atoms with Crippen LogP contribution in [0.3, 0.4) is 0 Å². The van der Waals surface area contributed by atoms with E-state index in [4.69, 9.17) is 4.74 Å². The number of aryl methyl sites for hydroxylation is 1. The maximum absolute atomic E-state index is 12.6. The molecule has 23 heavy (non-hydrogen) atoms. The van der Waals surface area contributed by atoms with Crippen LogP contribution in [0.15, 0.2) is 60.3 Å². The Morgan fingerprint density at radius 3 is 2.70 bits per heavy atom. The van der Waals surface area contributed by atoms with Gasteiger partial charge in [0, 0.05) is 18.4 Å². The molecule has 0 unspecified atom stereocenters. The molecule has 0 N–H and O–H groups in total. The van der Waals surface area contributed by atoms with Crippen LogP contribution in [0.5, 0.6) is 5.75 Å². The van der Waals surface area contributed by atoms with E-state index in [1.807, 2.05) is 23.1 Å². The number of anilines is 1. The van der Waals surface area contributed by atoms with E-state index in [0.29, 0.717) is 11.3 Å². The first-order valence-electron chi connectivity index (χ1n) is 7.66. The van der Waals surface area contributed by atoms with Crippen LogP contribution in [-0.2, 0) is 11.2 Å². The molecule has 0 saturated heterocycles. The van der Waals surface area contributed by atoms with Gasteiger partial charge in [-0.25, -0.2) is 4.79 Å². The van der Waals surface area contributed by atoms with E-state index in [1.54, 1.807) is 30.5 Å². The molecule has 0 amide bonds. The van der Waals surface area contributed by atoms with Crippen molar-refractivity contribution in [3.8, 4) is 5.75 Å². The Labute approximate surface area is 134 Å². The second kappa shape index (κ2) is 5.39. The second-order valence-electron chi connectivity index (χ2n) is 5.68. The second-order valence-corrected chi connectivity index (χ2v) is 5.68. The molecule has 2 aliphatic heterocycles. The number of carbonyl (C=O) groups is 2. The Hall–Kier alpha value is -2.88. The first-order chi connectivity index (χ1) is 11.2. The van der Waals surface area contributed by atoms with Gasteiger partial charge in [0.15, 0.2) is 0 Å². The number of esters is 1. The van der Waals surface area contributed by atoms with Gasteiger partial charge in [-0.3, -0.25) is 4.79 Å². The molecule has 0 saturated carbocycles. The third kappa shape index (κ3) is 2.32. The summed E-state index contributed by atoms with van der Waals surface area (Å²) in [6, 6.07) is 14.9. The summed E-state index contributed by atoms with van der Waals surface area (Å²) in [4.78, 5) is 26.8. The predicted molar refractivity (Wildman–Crippen MR) is 86.6 cm³/mol. The SMILES string of the molecule is O=C1Oc2ccccc2C(=O)/C1=C\N1CCCc2ccccc21. The molecular formula is C19H15NO3. The van der Waals surface area contributed by atoms with Crippen molar-refractivity contribution < 1.29 is 14.3 Å². The maximum atomic E-state index is 12.6. The van der Waals surface area contributed by atoms with Crippen molar-refractivity contribution in [2.75, 3.05) is 11.4 Å². The van der Waals surface area contributed by atoms with Gasteiger partial charge in [0.25, 0.3) is 0 Å². The number of hydrogen-bond donors (Lipinski definition) is 0. The molecule has 2 aromatic rings. The highest BCUT2D eigenvalue weighted by atomic mass is 16.5. The molecule has 0 fully saturated rings. The summed E-state index contributed by atoms with van der Waals surface area (Å²) in [7, 11) is 0. The summed E-state index contributed by atoms with van der Waals surface area (Å²) in [5.41, 5.74) is 2.79. The lowest BCUT2D eigenvalue weighted by Crippen LogP contribution is -2.30. The van der Waals surface area contributed by atoms with Crippen molar-refractivity contribution in [3.05, 3.63) is 71.4 Å². The Bertz CT molecular complexity index is 838. The van der Waals surface area contributed by atoms with Gasteiger partial charge >= 0.3 is 5.97 Å². The number of benzene rings is 2. The molecule has 4 rings (SSSR count). The van der Waals surface area contributed by atoms with Crippen LogP contribution in [0.2, 0.25) is 0 Å². The van der Waals surface area contributed by atoms with E-state index in [1.165, 1.54) is 5.56 Å². The van der Waals surface area contributed by atoms with E-state index < -0.39 is 5.97 Å². The lowest BCUT2D eigenvalue weighted by Gasteiger charge is -2.29. The van der Waals surface area contributed by atoms with Crippen molar-refractivity contribution >= 4 is 17.4 Å². The van der Waals surface area contributed by atoms with Crippen LogP contribution in [0.25, 0.3) is 0 Å². The summed E-state index contributed by atoms with van der Waals surface area (Å²) in [6.45, 7) is 0.780. The molecule has 0 aromatic heterocycles. The number of ether oxygens (including phenoxy) is 1. The minimum absolute atomic E-state index is 0.0837. The number of Topliss-reactive ketones (excluding diaryl/α,β-unsaturated/α-hetero) is 1. The first kappa shape index (κ1) is 13.8. The molecule has 2 aromatic carbocycles. The number of rotatable bonds is 1. The van der Waals surface area contributed by atoms with Crippen LogP contribution < -0.4 is 9.64 Å². The molecule has 114 valence electrons. The number of carbonyl (C=O) groups excluding carboxylic acids is 2. The van der Waals surface area contributed by atoms with Crippen LogP contribution in [0.4, 0.5) is 5.69 Å². The molecule has 0 bridgehead atoms. The lowest BCUT2D eigenvalue weighted by molar-refractivity contribution is -0.130. The monoisotopic (exact) mass is 305 g/mol. The summed E-state index contributed by atoms with van der Waals surface area (Å²) in [6.07, 6.45) is 3.64. The van der Waals surface area contributed by atoms with Gasteiger partial charge in [-0.05, 0) is 36.6 Å². The molecule has 2 aliphatic rings. The summed E-state index contributed by atoms with van der Waals surface area (Å²) in [5.74, 6) is -0.532. The first-order valence-corrected chi connectivity index (χ1v) is 7.66. The fraction of sp³-hybridized carbons (Fsp3) is 0.158. The standard InChI is InChI=1S/C19H15NO3/c21-18-14-8-2-4-10-17(14)23-19(22)15(18)12-20-11-5-7-13-6-1-3-9-16(13)20/h1-4,6,8-10,12H,5,7,11H2/b15-12+. The molecule has 4 nitrogen and oxygen atoms in total. The zero-order chi connectivity index (χ0) is 15.8. The Balaban J connectivity index is 1.75. The van der Waals surface area contributed by atoms with Crippen LogP contribution >= 0.6 is 0 Å². The average Bonchev–Trinajstić information content (AvgIpc) is 2.59. The smallest absolute Gasteiger partial charge is 0.349 e. The molecule has 0 aliphatic carbocycles. The highest BCUT2D eigenvalue weighted by Gasteiger charge is 2.31. The summed E-state index contributed by atoms with van der Waals surface area (Å²) < 4.78 is 5.29. The number of ketones is 1. The summed E-state index contributed by atoms with van der Waals surface area (Å²) >= 11 is 0. The van der Waals surface area contributed by atoms with Crippen LogP contribution in [0, 0.1) is 0 Å². The zero-order valence-corrected chi connectivity index (χ0v) is 12.5. The zero-order valence-electron chi connectivity index (χ0n) is 12.5. The van der Waals surface area contributed by atoms with E-state index in [2.05, 4.69) is 6.07 Å². The van der Waals surface area contributed by atoms with Crippen molar-refractivity contribution in [2.24, 2.45) is 0 Å². The third-order valence-corrected chi connectivity index (χ3v) is 4.23. The maximum Gasteiger partial charge on any atom is 0.349 e. The number of hydrogen-bond acceptors (Lipinski definition) is 4. The summed E-state index contributed by atoms with van der Waals surface area (Å²) in [5, 5.41) is 0. The van der Waals surface area contributed by atoms with Gasteiger partial charge in [0.2, 0.25) is 5.78 Å². The predicted octanol–water partition coefficient (Wildman–Crippen LogP) is 3.13. The Kier molecular flexibility index (Phi) is 3.23. The Morgan fingerprint density at radius 2 is 1.78 bits per heavy atom. The molecule has 2 heterocycles. The number of fused-ring (bicyclic) bond motifs is 2. The average molecular weight is 305 g/mol. The van der Waals surface area contributed by atoms with Gasteiger partial charge in [-0.15, -0.1) is 0 Å². The van der Waals surface area contributed by atoms with E-state index in [0.717, 1.165) is 25.1 Å². The highest BCUT2D eigenvalue weighted by Crippen LogP contribution is 2.31. The lowest BCUT2D eigenvalue weighted by atomic mass is 9.99. The Morgan fingerprint density at radius 1 is 1.00 bits per heavy atom. The number of nitrogens with zero attached hydrogens (tertiary/aromatic N) is 1. The van der Waals surface area contributed by atoms with Gasteiger partial charge in [0.05, 0.1) is 5.56 Å². The van der Waals surface area contributed by atoms with E-state index in [9.17, 15) is 9.59 Å². The van der Waals surface area contributed by atoms with E-state index in [-0.39, 0.29) is 11.4 Å². The fourth-order valence-corrected chi connectivity index (χ4v) is 3.10. The van der Waals surface area contributed by atoms with E-state index >= 15 is 0 Å². The molecule has 0 atom stereocenters. The van der Waals surface area contributed by atoms with Gasteiger partial charge in [-0.1, -0.05) is 30.3 Å². The highest BCUT2D eigenvalue weighted by molar-refractivity contribution is 6.27. The van der Waals surface area contributed by atoms with Gasteiger partial charge < -0.3 is 9.64 Å². The largest absolute Gasteiger partial charge is 0.422 e. The van der Waals surface area contributed by atoms with Crippen molar-refractivity contribution in [1.29, 1.82) is 0 Å². The quantitative estimate of drug-likeness (QED) is 0.351. The number of para-hydroxylation sites is 2.